The highest BCUT2D eigenvalue weighted by molar-refractivity contribution is 5.76. The van der Waals surface area contributed by atoms with Crippen molar-refractivity contribution in [3.05, 3.63) is 24.3 Å². The molecule has 1 saturated heterocycles. The SMILES string of the molecule is CC(C[NH+]1CCCCC1)OC(=O)C1COc2ccccc2O1.[Cl-]. The molecule has 0 spiro atoms. The Bertz CT molecular complexity index is 519. The fourth-order valence-corrected chi connectivity index (χ4v) is 3.11. The Morgan fingerprint density at radius 1 is 1.26 bits per heavy atom. The summed E-state index contributed by atoms with van der Waals surface area (Å²) in [6, 6.07) is 7.37. The second kappa shape index (κ2) is 8.41. The van der Waals surface area contributed by atoms with Crippen molar-refractivity contribution in [2.75, 3.05) is 26.2 Å². The normalized spacial score (nSPS) is 21.9. The summed E-state index contributed by atoms with van der Waals surface area (Å²) in [5, 5.41) is 0. The number of halogens is 1. The summed E-state index contributed by atoms with van der Waals surface area (Å²) in [6.07, 6.45) is 3.10. The molecule has 3 rings (SSSR count). The zero-order chi connectivity index (χ0) is 15.4. The maximum atomic E-state index is 12.2. The molecule has 2 aliphatic heterocycles. The van der Waals surface area contributed by atoms with Crippen LogP contribution in [0.5, 0.6) is 11.5 Å². The van der Waals surface area contributed by atoms with Crippen molar-refractivity contribution in [3.63, 3.8) is 0 Å². The van der Waals surface area contributed by atoms with E-state index in [-0.39, 0.29) is 31.1 Å². The van der Waals surface area contributed by atoms with E-state index in [0.717, 1.165) is 6.54 Å². The van der Waals surface area contributed by atoms with Gasteiger partial charge in [0, 0.05) is 0 Å². The fourth-order valence-electron chi connectivity index (χ4n) is 3.11. The quantitative estimate of drug-likeness (QED) is 0.633. The fraction of sp³-hybridized carbons (Fsp3) is 0.588. The predicted molar refractivity (Wildman–Crippen MR) is 81.3 cm³/mol. The average Bonchev–Trinajstić information content (AvgIpc) is 2.55. The number of fused-ring (bicyclic) bond motifs is 1. The first-order valence-corrected chi connectivity index (χ1v) is 8.15. The van der Waals surface area contributed by atoms with Crippen LogP contribution in [0.25, 0.3) is 0 Å². The number of carbonyl (C=O) groups is 1. The van der Waals surface area contributed by atoms with Crippen molar-refractivity contribution >= 4 is 5.97 Å². The topological polar surface area (TPSA) is 49.2 Å². The molecule has 1 N–H and O–H groups in total. The van der Waals surface area contributed by atoms with Crippen LogP contribution in [0.4, 0.5) is 0 Å². The molecule has 1 aromatic carbocycles. The highest BCUT2D eigenvalue weighted by Gasteiger charge is 2.30. The lowest BCUT2D eigenvalue weighted by molar-refractivity contribution is -0.907. The first kappa shape index (κ1) is 17.9. The van der Waals surface area contributed by atoms with Crippen molar-refractivity contribution in [1.29, 1.82) is 0 Å². The second-order valence-electron chi connectivity index (χ2n) is 6.13. The van der Waals surface area contributed by atoms with Crippen molar-refractivity contribution in [2.45, 2.75) is 38.4 Å². The van der Waals surface area contributed by atoms with Gasteiger partial charge in [0.15, 0.2) is 11.5 Å². The molecule has 128 valence electrons. The lowest BCUT2D eigenvalue weighted by Gasteiger charge is -2.28. The van der Waals surface area contributed by atoms with Crippen LogP contribution in [-0.2, 0) is 9.53 Å². The molecule has 23 heavy (non-hydrogen) atoms. The van der Waals surface area contributed by atoms with E-state index >= 15 is 0 Å². The number of carbonyl (C=O) groups excluding carboxylic acids is 1. The highest BCUT2D eigenvalue weighted by atomic mass is 35.5. The summed E-state index contributed by atoms with van der Waals surface area (Å²) in [5.41, 5.74) is 0. The molecule has 0 radical (unpaired) electrons. The van der Waals surface area contributed by atoms with Gasteiger partial charge in [0.2, 0.25) is 6.10 Å². The van der Waals surface area contributed by atoms with E-state index in [1.807, 2.05) is 25.1 Å². The molecule has 6 heteroatoms. The molecular weight excluding hydrogens is 318 g/mol. The molecule has 2 aliphatic rings. The van der Waals surface area contributed by atoms with Gasteiger partial charge in [-0.1, -0.05) is 12.1 Å². The van der Waals surface area contributed by atoms with Crippen LogP contribution in [0, 0.1) is 0 Å². The maximum absolute atomic E-state index is 12.2. The first-order valence-electron chi connectivity index (χ1n) is 8.15. The molecule has 0 amide bonds. The average molecular weight is 342 g/mol. The Balaban J connectivity index is 0.00000192. The number of esters is 1. The van der Waals surface area contributed by atoms with Gasteiger partial charge in [0.25, 0.3) is 0 Å². The van der Waals surface area contributed by atoms with Crippen molar-refractivity contribution < 1.29 is 36.3 Å². The van der Waals surface area contributed by atoms with E-state index in [2.05, 4.69) is 0 Å². The number of para-hydroxylation sites is 2. The van der Waals surface area contributed by atoms with Crippen LogP contribution in [-0.4, -0.2) is 44.4 Å². The Morgan fingerprint density at radius 2 is 1.96 bits per heavy atom. The van der Waals surface area contributed by atoms with E-state index < -0.39 is 6.10 Å². The molecule has 1 fully saturated rings. The number of quaternary nitrogens is 1. The molecule has 2 atom stereocenters. The molecule has 0 aromatic heterocycles. The third-order valence-electron chi connectivity index (χ3n) is 4.23. The zero-order valence-electron chi connectivity index (χ0n) is 13.4. The molecule has 0 aliphatic carbocycles. The van der Waals surface area contributed by atoms with E-state index in [0.29, 0.717) is 11.5 Å². The van der Waals surface area contributed by atoms with E-state index in [4.69, 9.17) is 14.2 Å². The summed E-state index contributed by atoms with van der Waals surface area (Å²) < 4.78 is 16.8. The number of nitrogens with one attached hydrogen (secondary N) is 1. The molecule has 2 heterocycles. The highest BCUT2D eigenvalue weighted by Crippen LogP contribution is 2.31. The summed E-state index contributed by atoms with van der Waals surface area (Å²) in [5.74, 6) is 0.945. The summed E-state index contributed by atoms with van der Waals surface area (Å²) in [6.45, 7) is 5.39. The number of piperidine rings is 1. The van der Waals surface area contributed by atoms with Crippen LogP contribution in [0.3, 0.4) is 0 Å². The van der Waals surface area contributed by atoms with Crippen molar-refractivity contribution in [3.8, 4) is 11.5 Å². The first-order chi connectivity index (χ1) is 10.7. The smallest absolute Gasteiger partial charge is 0.351 e. The number of hydrogen-bond acceptors (Lipinski definition) is 4. The minimum absolute atomic E-state index is 0. The number of ether oxygens (including phenoxy) is 3. The zero-order valence-corrected chi connectivity index (χ0v) is 14.2. The Kier molecular flexibility index (Phi) is 6.54. The third kappa shape index (κ3) is 4.75. The number of hydrogen-bond donors (Lipinski definition) is 1. The predicted octanol–water partition coefficient (Wildman–Crippen LogP) is -2.17. The Hall–Kier alpha value is -1.46. The molecule has 2 unspecified atom stereocenters. The standard InChI is InChI=1S/C17H23NO4.ClH/c1-13(11-18-9-5-2-6-10-18)21-17(19)16-12-20-14-7-3-4-8-15(14)22-16;/h3-4,7-8,13,16H,2,5-6,9-12H2,1H3;1H. The van der Waals surface area contributed by atoms with Gasteiger partial charge in [-0.15, -0.1) is 0 Å². The van der Waals surface area contributed by atoms with Gasteiger partial charge in [0.05, 0.1) is 13.1 Å². The number of likely N-dealkylation sites (tertiary alicyclic amines) is 1. The van der Waals surface area contributed by atoms with Crippen LogP contribution in [0.15, 0.2) is 24.3 Å². The van der Waals surface area contributed by atoms with E-state index in [1.165, 1.54) is 37.3 Å². The van der Waals surface area contributed by atoms with Crippen LogP contribution < -0.4 is 26.8 Å². The van der Waals surface area contributed by atoms with Gasteiger partial charge in [-0.05, 0) is 38.3 Å². The number of rotatable bonds is 4. The molecule has 1 aromatic rings. The van der Waals surface area contributed by atoms with Crippen LogP contribution in [0.2, 0.25) is 0 Å². The van der Waals surface area contributed by atoms with Gasteiger partial charge in [-0.3, -0.25) is 0 Å². The minimum Gasteiger partial charge on any atom is -1.00 e. The lowest BCUT2D eigenvalue weighted by Crippen LogP contribution is -3.13. The lowest BCUT2D eigenvalue weighted by atomic mass is 10.1. The van der Waals surface area contributed by atoms with E-state index in [9.17, 15) is 4.79 Å². The van der Waals surface area contributed by atoms with E-state index in [1.54, 1.807) is 6.07 Å². The molecule has 5 nitrogen and oxygen atoms in total. The summed E-state index contributed by atoms with van der Waals surface area (Å²) >= 11 is 0. The second-order valence-corrected chi connectivity index (χ2v) is 6.13. The molecular formula is C17H24ClNO4. The Labute approximate surface area is 143 Å². The van der Waals surface area contributed by atoms with Gasteiger partial charge < -0.3 is 31.5 Å². The number of benzene rings is 1. The van der Waals surface area contributed by atoms with Gasteiger partial charge in [-0.2, -0.15) is 0 Å². The van der Waals surface area contributed by atoms with Gasteiger partial charge in [0.1, 0.15) is 19.3 Å². The van der Waals surface area contributed by atoms with Crippen LogP contribution >= 0.6 is 0 Å². The third-order valence-corrected chi connectivity index (χ3v) is 4.23. The summed E-state index contributed by atoms with van der Waals surface area (Å²) in [4.78, 5) is 13.7. The maximum Gasteiger partial charge on any atom is 0.351 e. The largest absolute Gasteiger partial charge is 1.00 e. The monoisotopic (exact) mass is 341 g/mol. The van der Waals surface area contributed by atoms with Gasteiger partial charge in [-0.25, -0.2) is 4.79 Å². The Morgan fingerprint density at radius 3 is 2.70 bits per heavy atom. The van der Waals surface area contributed by atoms with Gasteiger partial charge >= 0.3 is 5.97 Å². The van der Waals surface area contributed by atoms with Crippen molar-refractivity contribution in [1.82, 2.24) is 0 Å². The van der Waals surface area contributed by atoms with Crippen LogP contribution in [0.1, 0.15) is 26.2 Å². The molecule has 0 saturated carbocycles. The molecule has 0 bridgehead atoms. The van der Waals surface area contributed by atoms with Crippen molar-refractivity contribution in [2.24, 2.45) is 0 Å². The summed E-state index contributed by atoms with van der Waals surface area (Å²) in [7, 11) is 0. The minimum atomic E-state index is -0.672.